The SMILES string of the molecule is O=C(COc1ccc(F)c(Cl)c1)NNc1nc(-c2ccncc2)no1. The van der Waals surface area contributed by atoms with E-state index in [0.29, 0.717) is 5.82 Å². The molecule has 0 unspecified atom stereocenters. The second-order valence-electron chi connectivity index (χ2n) is 4.70. The molecule has 0 bridgehead atoms. The number of hydrogen-bond acceptors (Lipinski definition) is 7. The van der Waals surface area contributed by atoms with Crippen LogP contribution >= 0.6 is 11.6 Å². The molecule has 8 nitrogen and oxygen atoms in total. The van der Waals surface area contributed by atoms with Gasteiger partial charge in [0.15, 0.2) is 6.61 Å². The number of pyridine rings is 1. The maximum Gasteiger partial charge on any atom is 0.340 e. The second-order valence-corrected chi connectivity index (χ2v) is 5.10. The van der Waals surface area contributed by atoms with E-state index in [0.717, 1.165) is 11.6 Å². The zero-order valence-electron chi connectivity index (χ0n) is 12.6. The highest BCUT2D eigenvalue weighted by Crippen LogP contribution is 2.21. The van der Waals surface area contributed by atoms with Crippen LogP contribution in [0, 0.1) is 5.82 Å². The fraction of sp³-hybridized carbons (Fsp3) is 0.0667. The molecule has 2 N–H and O–H groups in total. The van der Waals surface area contributed by atoms with E-state index in [1.807, 2.05) is 0 Å². The maximum atomic E-state index is 13.0. The van der Waals surface area contributed by atoms with E-state index in [9.17, 15) is 9.18 Å². The Kier molecular flexibility index (Phi) is 5.05. The average molecular weight is 364 g/mol. The van der Waals surface area contributed by atoms with E-state index in [1.54, 1.807) is 24.5 Å². The van der Waals surface area contributed by atoms with Crippen LogP contribution in [-0.2, 0) is 4.79 Å². The number of nitrogens with one attached hydrogen (secondary N) is 2. The molecule has 0 aliphatic heterocycles. The molecule has 0 atom stereocenters. The highest BCUT2D eigenvalue weighted by Gasteiger charge is 2.10. The number of aromatic nitrogens is 3. The molecule has 0 saturated carbocycles. The lowest BCUT2D eigenvalue weighted by atomic mass is 10.3. The molecular formula is C15H11ClFN5O3. The molecule has 2 heterocycles. The van der Waals surface area contributed by atoms with Gasteiger partial charge in [-0.25, -0.2) is 9.82 Å². The van der Waals surface area contributed by atoms with Crippen LogP contribution in [0.5, 0.6) is 5.75 Å². The summed E-state index contributed by atoms with van der Waals surface area (Å²) < 4.78 is 23.2. The summed E-state index contributed by atoms with van der Waals surface area (Å²) >= 11 is 5.62. The number of hydrogen-bond donors (Lipinski definition) is 2. The van der Waals surface area contributed by atoms with E-state index >= 15 is 0 Å². The van der Waals surface area contributed by atoms with Gasteiger partial charge in [0.05, 0.1) is 5.02 Å². The molecule has 0 radical (unpaired) electrons. The number of halogens is 2. The van der Waals surface area contributed by atoms with E-state index in [1.165, 1.54) is 12.1 Å². The second kappa shape index (κ2) is 7.58. The van der Waals surface area contributed by atoms with Crippen molar-refractivity contribution in [2.24, 2.45) is 0 Å². The fourth-order valence-electron chi connectivity index (χ4n) is 1.77. The monoisotopic (exact) mass is 363 g/mol. The van der Waals surface area contributed by atoms with Crippen molar-refractivity contribution < 1.29 is 18.4 Å². The zero-order valence-corrected chi connectivity index (χ0v) is 13.3. The van der Waals surface area contributed by atoms with Crippen LogP contribution in [0.25, 0.3) is 11.4 Å². The molecule has 2 aromatic heterocycles. The van der Waals surface area contributed by atoms with Crippen molar-refractivity contribution in [1.82, 2.24) is 20.6 Å². The predicted octanol–water partition coefficient (Wildman–Crippen LogP) is 2.45. The van der Waals surface area contributed by atoms with Crippen LogP contribution in [-0.4, -0.2) is 27.6 Å². The highest BCUT2D eigenvalue weighted by molar-refractivity contribution is 6.30. The van der Waals surface area contributed by atoms with Gasteiger partial charge in [0.1, 0.15) is 11.6 Å². The molecule has 1 aromatic carbocycles. The topological polar surface area (TPSA) is 102 Å². The Hall–Kier alpha value is -3.20. The summed E-state index contributed by atoms with van der Waals surface area (Å²) in [5, 5.41) is 3.67. The van der Waals surface area contributed by atoms with Crippen LogP contribution in [0.4, 0.5) is 10.4 Å². The first-order valence-electron chi connectivity index (χ1n) is 6.98. The lowest BCUT2D eigenvalue weighted by Gasteiger charge is -2.07. The standard InChI is InChI=1S/C15H11ClFN5O3/c16-11-7-10(1-2-12(11)17)24-8-13(23)20-21-15-19-14(22-25-15)9-3-5-18-6-4-9/h1-7H,8H2,(H,20,23)(H,19,21,22). The number of nitrogens with zero attached hydrogens (tertiary/aromatic N) is 3. The minimum atomic E-state index is -0.568. The summed E-state index contributed by atoms with van der Waals surface area (Å²) in [5.41, 5.74) is 5.52. The molecular weight excluding hydrogens is 353 g/mol. The molecule has 0 spiro atoms. The van der Waals surface area contributed by atoms with Crippen molar-refractivity contribution in [2.45, 2.75) is 0 Å². The van der Waals surface area contributed by atoms with Gasteiger partial charge in [0.2, 0.25) is 5.82 Å². The van der Waals surface area contributed by atoms with Gasteiger partial charge in [-0.3, -0.25) is 15.2 Å². The Morgan fingerprint density at radius 3 is 2.84 bits per heavy atom. The van der Waals surface area contributed by atoms with E-state index in [2.05, 4.69) is 26.0 Å². The van der Waals surface area contributed by atoms with Crippen LogP contribution in [0.3, 0.4) is 0 Å². The van der Waals surface area contributed by atoms with Crippen molar-refractivity contribution in [3.05, 3.63) is 53.6 Å². The van der Waals surface area contributed by atoms with Crippen molar-refractivity contribution in [1.29, 1.82) is 0 Å². The van der Waals surface area contributed by atoms with Gasteiger partial charge < -0.3 is 9.26 Å². The molecule has 0 aliphatic rings. The molecule has 128 valence electrons. The van der Waals surface area contributed by atoms with E-state index in [4.69, 9.17) is 20.9 Å². The molecule has 3 rings (SSSR count). The van der Waals surface area contributed by atoms with E-state index < -0.39 is 11.7 Å². The summed E-state index contributed by atoms with van der Waals surface area (Å²) in [6.07, 6.45) is 3.19. The molecule has 0 aliphatic carbocycles. The number of rotatable bonds is 6. The Morgan fingerprint density at radius 1 is 1.28 bits per heavy atom. The smallest absolute Gasteiger partial charge is 0.340 e. The first kappa shape index (κ1) is 16.7. The third-order valence-electron chi connectivity index (χ3n) is 2.93. The number of benzene rings is 1. The van der Waals surface area contributed by atoms with Gasteiger partial charge in [-0.1, -0.05) is 16.8 Å². The van der Waals surface area contributed by atoms with Gasteiger partial charge in [-0.2, -0.15) is 4.98 Å². The Bertz CT molecular complexity index is 875. The van der Waals surface area contributed by atoms with Crippen molar-refractivity contribution in [2.75, 3.05) is 12.0 Å². The fourth-order valence-corrected chi connectivity index (χ4v) is 1.94. The quantitative estimate of drug-likeness (QED) is 0.648. The lowest BCUT2D eigenvalue weighted by Crippen LogP contribution is -2.33. The van der Waals surface area contributed by atoms with Gasteiger partial charge in [-0.05, 0) is 24.3 Å². The highest BCUT2D eigenvalue weighted by atomic mass is 35.5. The normalized spacial score (nSPS) is 10.3. The number of amides is 1. The summed E-state index contributed by atoms with van der Waals surface area (Å²) in [6.45, 7) is -0.319. The molecule has 25 heavy (non-hydrogen) atoms. The number of carbonyl (C=O) groups is 1. The number of anilines is 1. The van der Waals surface area contributed by atoms with Crippen molar-refractivity contribution in [3.8, 4) is 17.1 Å². The average Bonchev–Trinajstić information content (AvgIpc) is 3.11. The van der Waals surface area contributed by atoms with Crippen molar-refractivity contribution >= 4 is 23.5 Å². The van der Waals surface area contributed by atoms with Gasteiger partial charge in [0, 0.05) is 24.0 Å². The number of hydrazine groups is 1. The summed E-state index contributed by atoms with van der Waals surface area (Å²) in [7, 11) is 0. The molecule has 0 saturated heterocycles. The maximum absolute atomic E-state index is 13.0. The summed E-state index contributed by atoms with van der Waals surface area (Å²) in [5.74, 6) is -0.471. The largest absolute Gasteiger partial charge is 0.484 e. The summed E-state index contributed by atoms with van der Waals surface area (Å²) in [4.78, 5) is 19.7. The van der Waals surface area contributed by atoms with Crippen LogP contribution in [0.1, 0.15) is 0 Å². The van der Waals surface area contributed by atoms with Gasteiger partial charge in [-0.15, -0.1) is 0 Å². The van der Waals surface area contributed by atoms with Crippen LogP contribution in [0.15, 0.2) is 47.2 Å². The third kappa shape index (κ3) is 4.42. The summed E-state index contributed by atoms with van der Waals surface area (Å²) in [6, 6.07) is 7.22. The Labute approximate surface area is 145 Å². The van der Waals surface area contributed by atoms with E-state index in [-0.39, 0.29) is 23.4 Å². The Morgan fingerprint density at radius 2 is 2.08 bits per heavy atom. The van der Waals surface area contributed by atoms with Crippen LogP contribution in [0.2, 0.25) is 5.02 Å². The van der Waals surface area contributed by atoms with Crippen LogP contribution < -0.4 is 15.6 Å². The first-order valence-corrected chi connectivity index (χ1v) is 7.36. The predicted molar refractivity (Wildman–Crippen MR) is 86.2 cm³/mol. The molecule has 3 aromatic rings. The van der Waals surface area contributed by atoms with Gasteiger partial charge >= 0.3 is 6.01 Å². The van der Waals surface area contributed by atoms with Crippen molar-refractivity contribution in [3.63, 3.8) is 0 Å². The first-order chi connectivity index (χ1) is 12.1. The number of carbonyl (C=O) groups excluding carboxylic acids is 1. The third-order valence-corrected chi connectivity index (χ3v) is 3.22. The number of ether oxygens (including phenoxy) is 1. The molecule has 10 heteroatoms. The Balaban J connectivity index is 1.49. The minimum Gasteiger partial charge on any atom is -0.484 e. The minimum absolute atomic E-state index is 0.00462. The zero-order chi connectivity index (χ0) is 17.6. The van der Waals surface area contributed by atoms with Gasteiger partial charge in [0.25, 0.3) is 5.91 Å². The molecule has 0 fully saturated rings. The molecule has 1 amide bonds. The lowest BCUT2D eigenvalue weighted by molar-refractivity contribution is -0.122.